The lowest BCUT2D eigenvalue weighted by molar-refractivity contribution is 0.104. The number of aromatic nitrogens is 1. The molecule has 0 radical (unpaired) electrons. The van der Waals surface area contributed by atoms with Crippen molar-refractivity contribution >= 4 is 33.8 Å². The highest BCUT2D eigenvalue weighted by molar-refractivity contribution is 7.18. The molecular formula is C18H17N3OS. The molecule has 116 valence electrons. The lowest BCUT2D eigenvalue weighted by Crippen LogP contribution is -2.13. The van der Waals surface area contributed by atoms with Crippen molar-refractivity contribution in [2.24, 2.45) is 0 Å². The van der Waals surface area contributed by atoms with E-state index in [1.807, 2.05) is 79.7 Å². The van der Waals surface area contributed by atoms with Gasteiger partial charge in [0.25, 0.3) is 0 Å². The predicted molar refractivity (Wildman–Crippen MR) is 96.0 cm³/mol. The Morgan fingerprint density at radius 2 is 1.61 bits per heavy atom. The Kier molecular flexibility index (Phi) is 4.39. The van der Waals surface area contributed by atoms with Gasteiger partial charge in [0.2, 0.25) is 5.78 Å². The summed E-state index contributed by atoms with van der Waals surface area (Å²) in [7, 11) is 3.78. The number of carbonyl (C=O) groups is 1. The van der Waals surface area contributed by atoms with Crippen molar-refractivity contribution in [2.75, 3.05) is 24.3 Å². The first-order chi connectivity index (χ1) is 11.1. The van der Waals surface area contributed by atoms with Crippen LogP contribution in [0.15, 0.2) is 60.7 Å². The maximum absolute atomic E-state index is 12.8. The Labute approximate surface area is 139 Å². The van der Waals surface area contributed by atoms with Gasteiger partial charge in [0.15, 0.2) is 10.9 Å². The molecule has 5 heteroatoms. The monoisotopic (exact) mass is 323 g/mol. The van der Waals surface area contributed by atoms with Gasteiger partial charge in [0.05, 0.1) is 0 Å². The number of nitrogens with zero attached hydrogens (tertiary/aromatic N) is 2. The molecule has 0 aliphatic rings. The molecule has 1 aromatic heterocycles. The van der Waals surface area contributed by atoms with Gasteiger partial charge in [-0.3, -0.25) is 4.79 Å². The van der Waals surface area contributed by atoms with Gasteiger partial charge in [-0.25, -0.2) is 4.98 Å². The number of ketones is 1. The Hall–Kier alpha value is -2.66. The molecule has 1 heterocycles. The van der Waals surface area contributed by atoms with E-state index in [1.165, 1.54) is 11.3 Å². The molecule has 0 spiro atoms. The van der Waals surface area contributed by atoms with Crippen LogP contribution in [0.5, 0.6) is 0 Å². The van der Waals surface area contributed by atoms with Crippen LogP contribution >= 0.6 is 11.3 Å². The minimum Gasteiger partial charge on any atom is -0.361 e. The topological polar surface area (TPSA) is 45.2 Å². The second-order valence-corrected chi connectivity index (χ2v) is 6.25. The normalized spacial score (nSPS) is 10.3. The van der Waals surface area contributed by atoms with Gasteiger partial charge in [-0.2, -0.15) is 0 Å². The van der Waals surface area contributed by atoms with Crippen LogP contribution in [0.2, 0.25) is 0 Å². The summed E-state index contributed by atoms with van der Waals surface area (Å²) >= 11 is 1.37. The number of hydrogen-bond donors (Lipinski definition) is 1. The summed E-state index contributed by atoms with van der Waals surface area (Å²) < 4.78 is 0. The number of nitrogens with one attached hydrogen (secondary N) is 1. The minimum absolute atomic E-state index is 0.00656. The third-order valence-electron chi connectivity index (χ3n) is 3.30. The van der Waals surface area contributed by atoms with Gasteiger partial charge in [-0.15, -0.1) is 0 Å². The van der Waals surface area contributed by atoms with Crippen molar-refractivity contribution in [1.29, 1.82) is 0 Å². The van der Waals surface area contributed by atoms with E-state index < -0.39 is 0 Å². The van der Waals surface area contributed by atoms with Crippen LogP contribution < -0.4 is 10.2 Å². The zero-order valence-corrected chi connectivity index (χ0v) is 13.8. The van der Waals surface area contributed by atoms with E-state index in [0.29, 0.717) is 21.4 Å². The molecular weight excluding hydrogens is 306 g/mol. The summed E-state index contributed by atoms with van der Waals surface area (Å²) in [4.78, 5) is 19.8. The van der Waals surface area contributed by atoms with Crippen molar-refractivity contribution in [3.05, 3.63) is 71.1 Å². The van der Waals surface area contributed by atoms with E-state index >= 15 is 0 Å². The quantitative estimate of drug-likeness (QED) is 0.715. The number of carbonyl (C=O) groups excluding carboxylic acids is 1. The molecule has 2 aromatic carbocycles. The maximum Gasteiger partial charge on any atom is 0.206 e. The average molecular weight is 323 g/mol. The van der Waals surface area contributed by atoms with E-state index in [-0.39, 0.29) is 5.78 Å². The number of benzene rings is 2. The summed E-state index contributed by atoms with van der Waals surface area (Å²) in [5.74, 6) is 0.676. The number of rotatable bonds is 5. The van der Waals surface area contributed by atoms with E-state index in [1.54, 1.807) is 0 Å². The van der Waals surface area contributed by atoms with Crippen molar-refractivity contribution in [3.63, 3.8) is 0 Å². The Balaban J connectivity index is 1.95. The SMILES string of the molecule is CN(C)c1nc(Nc2ccccc2)sc1C(=O)c1ccccc1. The second-order valence-electron chi connectivity index (χ2n) is 5.25. The summed E-state index contributed by atoms with van der Waals surface area (Å²) in [6.45, 7) is 0. The highest BCUT2D eigenvalue weighted by Crippen LogP contribution is 2.32. The van der Waals surface area contributed by atoms with Crippen molar-refractivity contribution in [3.8, 4) is 0 Å². The Morgan fingerprint density at radius 1 is 1.00 bits per heavy atom. The van der Waals surface area contributed by atoms with Crippen LogP contribution in [0.25, 0.3) is 0 Å². The number of thiazole rings is 1. The molecule has 3 rings (SSSR count). The molecule has 23 heavy (non-hydrogen) atoms. The van der Waals surface area contributed by atoms with Crippen LogP contribution in [0.1, 0.15) is 15.2 Å². The fourth-order valence-electron chi connectivity index (χ4n) is 2.18. The van der Waals surface area contributed by atoms with Crippen molar-refractivity contribution in [1.82, 2.24) is 4.98 Å². The van der Waals surface area contributed by atoms with E-state index in [4.69, 9.17) is 0 Å². The van der Waals surface area contributed by atoms with E-state index in [0.717, 1.165) is 5.69 Å². The third kappa shape index (κ3) is 3.40. The van der Waals surface area contributed by atoms with Crippen LogP contribution in [0, 0.1) is 0 Å². The molecule has 0 unspecified atom stereocenters. The van der Waals surface area contributed by atoms with Gasteiger partial charge in [-0.1, -0.05) is 59.9 Å². The lowest BCUT2D eigenvalue weighted by atomic mass is 10.1. The smallest absolute Gasteiger partial charge is 0.206 e. The van der Waals surface area contributed by atoms with Gasteiger partial charge in [0.1, 0.15) is 4.88 Å². The average Bonchev–Trinajstić information content (AvgIpc) is 3.00. The van der Waals surface area contributed by atoms with Crippen molar-refractivity contribution < 1.29 is 4.79 Å². The largest absolute Gasteiger partial charge is 0.361 e. The van der Waals surface area contributed by atoms with Gasteiger partial charge >= 0.3 is 0 Å². The van der Waals surface area contributed by atoms with Crippen LogP contribution in [0.3, 0.4) is 0 Å². The number of para-hydroxylation sites is 1. The van der Waals surface area contributed by atoms with Crippen LogP contribution in [-0.2, 0) is 0 Å². The fourth-order valence-corrected chi connectivity index (χ4v) is 3.21. The predicted octanol–water partition coefficient (Wildman–Crippen LogP) is 4.18. The zero-order valence-electron chi connectivity index (χ0n) is 13.0. The van der Waals surface area contributed by atoms with Crippen LogP contribution in [0.4, 0.5) is 16.6 Å². The molecule has 0 amide bonds. The molecule has 0 atom stereocenters. The van der Waals surface area contributed by atoms with Gasteiger partial charge in [0, 0.05) is 25.3 Å². The first-order valence-corrected chi connectivity index (χ1v) is 8.07. The summed E-state index contributed by atoms with van der Waals surface area (Å²) in [6.07, 6.45) is 0. The highest BCUT2D eigenvalue weighted by atomic mass is 32.1. The van der Waals surface area contributed by atoms with E-state index in [2.05, 4.69) is 10.3 Å². The second kappa shape index (κ2) is 6.62. The number of anilines is 3. The Bertz CT molecular complexity index is 798. The van der Waals surface area contributed by atoms with Gasteiger partial charge < -0.3 is 10.2 Å². The van der Waals surface area contributed by atoms with Crippen LogP contribution in [-0.4, -0.2) is 24.9 Å². The molecule has 0 aliphatic carbocycles. The lowest BCUT2D eigenvalue weighted by Gasteiger charge is -2.10. The van der Waals surface area contributed by atoms with E-state index in [9.17, 15) is 4.79 Å². The summed E-state index contributed by atoms with van der Waals surface area (Å²) in [5, 5.41) is 3.96. The first kappa shape index (κ1) is 15.2. The zero-order chi connectivity index (χ0) is 16.2. The number of hydrogen-bond acceptors (Lipinski definition) is 5. The third-order valence-corrected chi connectivity index (χ3v) is 4.26. The molecule has 3 aromatic rings. The van der Waals surface area contributed by atoms with Crippen molar-refractivity contribution in [2.45, 2.75) is 0 Å². The fraction of sp³-hybridized carbons (Fsp3) is 0.111. The van der Waals surface area contributed by atoms with Gasteiger partial charge in [-0.05, 0) is 12.1 Å². The first-order valence-electron chi connectivity index (χ1n) is 7.25. The molecule has 0 bridgehead atoms. The molecule has 1 N–H and O–H groups in total. The molecule has 0 saturated heterocycles. The summed E-state index contributed by atoms with van der Waals surface area (Å²) in [5.41, 5.74) is 1.62. The maximum atomic E-state index is 12.8. The molecule has 4 nitrogen and oxygen atoms in total. The molecule has 0 saturated carbocycles. The highest BCUT2D eigenvalue weighted by Gasteiger charge is 2.21. The molecule has 0 fully saturated rings. The minimum atomic E-state index is -0.00656. The summed E-state index contributed by atoms with van der Waals surface area (Å²) in [6, 6.07) is 19.1. The Morgan fingerprint density at radius 3 is 2.22 bits per heavy atom. The standard InChI is InChI=1S/C18H17N3OS/c1-21(2)17-16(15(22)13-9-5-3-6-10-13)23-18(20-17)19-14-11-7-4-8-12-14/h3-12H,1-2H3,(H,19,20). The molecule has 0 aliphatic heterocycles.